The Morgan fingerprint density at radius 3 is 2.54 bits per heavy atom. The van der Waals surface area contributed by atoms with Gasteiger partial charge in [-0.2, -0.15) is 0 Å². The van der Waals surface area contributed by atoms with Crippen LogP contribution in [0.4, 0.5) is 0 Å². The molecule has 0 bridgehead atoms. The van der Waals surface area contributed by atoms with Gasteiger partial charge in [0.1, 0.15) is 11.8 Å². The first kappa shape index (κ1) is 16.7. The molecule has 1 N–H and O–H groups in total. The molecule has 0 aliphatic carbocycles. The number of carbonyl (C=O) groups is 1. The van der Waals surface area contributed by atoms with Crippen LogP contribution >= 0.6 is 0 Å². The molecule has 0 spiro atoms. The van der Waals surface area contributed by atoms with Crippen molar-refractivity contribution in [2.45, 2.75) is 13.0 Å². The average Bonchev–Trinajstić information content (AvgIpc) is 2.52. The third kappa shape index (κ3) is 3.23. The summed E-state index contributed by atoms with van der Waals surface area (Å²) in [4.78, 5) is 13.8. The molecule has 3 rings (SSSR count). The molecule has 1 unspecified atom stereocenters. The highest BCUT2D eigenvalue weighted by Gasteiger charge is 2.37. The Morgan fingerprint density at radius 1 is 1.29 bits per heavy atom. The fraction of sp³-hybridized carbons (Fsp3) is 0.421. The van der Waals surface area contributed by atoms with Gasteiger partial charge in [0.05, 0.1) is 20.3 Å². The molecule has 0 radical (unpaired) electrons. The van der Waals surface area contributed by atoms with Crippen molar-refractivity contribution in [3.8, 4) is 5.75 Å². The van der Waals surface area contributed by atoms with Gasteiger partial charge in [0.2, 0.25) is 0 Å². The van der Waals surface area contributed by atoms with Crippen LogP contribution in [0.15, 0.2) is 36.4 Å². The third-order valence-electron chi connectivity index (χ3n) is 4.59. The van der Waals surface area contributed by atoms with Crippen LogP contribution in [0.2, 0.25) is 0 Å². The predicted octanol–water partition coefficient (Wildman–Crippen LogP) is 2.94. The van der Waals surface area contributed by atoms with Crippen molar-refractivity contribution in [3.05, 3.63) is 42.0 Å². The maximum absolute atomic E-state index is 11.9. The minimum atomic E-state index is -0.839. The highest BCUT2D eigenvalue weighted by Crippen LogP contribution is 2.32. The molecule has 128 valence electrons. The lowest BCUT2D eigenvalue weighted by atomic mass is 9.87. The fourth-order valence-corrected chi connectivity index (χ4v) is 3.36. The summed E-state index contributed by atoms with van der Waals surface area (Å²) in [5, 5.41) is 11.8. The van der Waals surface area contributed by atoms with Crippen molar-refractivity contribution in [2.24, 2.45) is 5.41 Å². The monoisotopic (exact) mass is 329 g/mol. The number of carboxylic acids is 1. The standard InChI is InChI=1S/C19H23NO4/c1-19(11-24-12-19)10-20(2)17(18(21)22)15-5-4-14-9-16(23-3)7-6-13(14)8-15/h4-9,17H,10-12H2,1-3H3,(H,21,22). The number of fused-ring (bicyclic) bond motifs is 1. The maximum Gasteiger partial charge on any atom is 0.325 e. The van der Waals surface area contributed by atoms with Gasteiger partial charge in [-0.15, -0.1) is 0 Å². The van der Waals surface area contributed by atoms with Gasteiger partial charge in [-0.3, -0.25) is 9.69 Å². The molecule has 5 nitrogen and oxygen atoms in total. The Morgan fingerprint density at radius 2 is 1.96 bits per heavy atom. The molecule has 0 saturated carbocycles. The van der Waals surface area contributed by atoms with Crippen molar-refractivity contribution in [1.82, 2.24) is 4.90 Å². The highest BCUT2D eigenvalue weighted by molar-refractivity contribution is 5.86. The summed E-state index contributed by atoms with van der Waals surface area (Å²) in [6.45, 7) is 4.17. The molecule has 2 aromatic rings. The summed E-state index contributed by atoms with van der Waals surface area (Å²) in [6.07, 6.45) is 0. The zero-order valence-electron chi connectivity index (χ0n) is 14.3. The number of rotatable bonds is 6. The number of likely N-dealkylation sites (N-methyl/N-ethyl adjacent to an activating group) is 1. The zero-order chi connectivity index (χ0) is 17.3. The number of hydrogen-bond donors (Lipinski definition) is 1. The topological polar surface area (TPSA) is 59.0 Å². The Kier molecular flexibility index (Phi) is 4.47. The number of benzene rings is 2. The van der Waals surface area contributed by atoms with Gasteiger partial charge in [-0.25, -0.2) is 0 Å². The maximum atomic E-state index is 11.9. The van der Waals surface area contributed by atoms with Crippen LogP contribution in [0.25, 0.3) is 10.8 Å². The molecular weight excluding hydrogens is 306 g/mol. The Bertz CT molecular complexity index is 754. The molecule has 5 heteroatoms. The summed E-state index contributed by atoms with van der Waals surface area (Å²) in [5.74, 6) is -0.0470. The second-order valence-electron chi connectivity index (χ2n) is 6.93. The van der Waals surface area contributed by atoms with Gasteiger partial charge >= 0.3 is 5.97 Å². The number of ether oxygens (including phenoxy) is 2. The van der Waals surface area contributed by atoms with E-state index in [9.17, 15) is 9.90 Å². The molecule has 1 aliphatic heterocycles. The molecule has 1 heterocycles. The van der Waals surface area contributed by atoms with Crippen LogP contribution in [0.3, 0.4) is 0 Å². The average molecular weight is 329 g/mol. The van der Waals surface area contributed by atoms with Crippen molar-refractivity contribution in [2.75, 3.05) is 33.9 Å². The Balaban J connectivity index is 1.90. The number of carboxylic acid groups (broad SMARTS) is 1. The fourth-order valence-electron chi connectivity index (χ4n) is 3.36. The minimum Gasteiger partial charge on any atom is -0.497 e. The van der Waals surface area contributed by atoms with Gasteiger partial charge < -0.3 is 14.6 Å². The van der Waals surface area contributed by atoms with Crippen LogP contribution < -0.4 is 4.74 Å². The van der Waals surface area contributed by atoms with E-state index in [-0.39, 0.29) is 5.41 Å². The van der Waals surface area contributed by atoms with E-state index in [2.05, 4.69) is 6.92 Å². The van der Waals surface area contributed by atoms with Crippen LogP contribution in [0.1, 0.15) is 18.5 Å². The largest absolute Gasteiger partial charge is 0.497 e. The van der Waals surface area contributed by atoms with Crippen molar-refractivity contribution >= 4 is 16.7 Å². The molecular formula is C19H23NO4. The summed E-state index contributed by atoms with van der Waals surface area (Å²) in [7, 11) is 3.50. The first-order valence-electron chi connectivity index (χ1n) is 8.00. The quantitative estimate of drug-likeness (QED) is 0.883. The van der Waals surface area contributed by atoms with Crippen molar-refractivity contribution < 1.29 is 19.4 Å². The lowest BCUT2D eigenvalue weighted by Crippen LogP contribution is -2.49. The number of nitrogens with zero attached hydrogens (tertiary/aromatic N) is 1. The summed E-state index contributed by atoms with van der Waals surface area (Å²) < 4.78 is 10.5. The second kappa shape index (κ2) is 6.42. The number of aliphatic carboxylic acids is 1. The molecule has 1 atom stereocenters. The van der Waals surface area contributed by atoms with Crippen LogP contribution in [-0.4, -0.2) is 49.9 Å². The van der Waals surface area contributed by atoms with Crippen LogP contribution in [-0.2, 0) is 9.53 Å². The normalized spacial score (nSPS) is 17.5. The van der Waals surface area contributed by atoms with E-state index >= 15 is 0 Å². The lowest BCUT2D eigenvalue weighted by molar-refractivity contribution is -0.148. The van der Waals surface area contributed by atoms with Crippen LogP contribution in [0.5, 0.6) is 5.75 Å². The molecule has 1 saturated heterocycles. The Labute approximate surface area is 141 Å². The zero-order valence-corrected chi connectivity index (χ0v) is 14.3. The number of methoxy groups -OCH3 is 1. The van der Waals surface area contributed by atoms with E-state index in [0.717, 1.165) is 22.1 Å². The van der Waals surface area contributed by atoms with E-state index in [0.29, 0.717) is 19.8 Å². The summed E-state index contributed by atoms with van der Waals surface area (Å²) >= 11 is 0. The van der Waals surface area contributed by atoms with Gasteiger partial charge in [0.25, 0.3) is 0 Å². The van der Waals surface area contributed by atoms with Crippen molar-refractivity contribution in [3.63, 3.8) is 0 Å². The van der Waals surface area contributed by atoms with Crippen molar-refractivity contribution in [1.29, 1.82) is 0 Å². The first-order chi connectivity index (χ1) is 11.4. The van der Waals surface area contributed by atoms with E-state index in [1.54, 1.807) is 7.11 Å². The van der Waals surface area contributed by atoms with Gasteiger partial charge in [0.15, 0.2) is 0 Å². The molecule has 2 aromatic carbocycles. The SMILES string of the molecule is COc1ccc2cc(C(C(=O)O)N(C)CC3(C)COC3)ccc2c1. The smallest absolute Gasteiger partial charge is 0.325 e. The molecule has 1 aliphatic rings. The highest BCUT2D eigenvalue weighted by atomic mass is 16.5. The van der Waals surface area contributed by atoms with Gasteiger partial charge in [-0.05, 0) is 41.6 Å². The molecule has 0 aromatic heterocycles. The minimum absolute atomic E-state index is 0.0344. The number of hydrogen-bond acceptors (Lipinski definition) is 4. The summed E-state index contributed by atoms with van der Waals surface area (Å²) in [5.41, 5.74) is 0.818. The molecule has 1 fully saturated rings. The van der Waals surface area contributed by atoms with E-state index in [1.165, 1.54) is 0 Å². The first-order valence-corrected chi connectivity index (χ1v) is 8.00. The Hall–Kier alpha value is -2.11. The van der Waals surface area contributed by atoms with E-state index in [4.69, 9.17) is 9.47 Å². The third-order valence-corrected chi connectivity index (χ3v) is 4.59. The summed E-state index contributed by atoms with van der Waals surface area (Å²) in [6, 6.07) is 10.9. The van der Waals surface area contributed by atoms with E-state index < -0.39 is 12.0 Å². The van der Waals surface area contributed by atoms with E-state index in [1.807, 2.05) is 48.3 Å². The molecule has 0 amide bonds. The lowest BCUT2D eigenvalue weighted by Gasteiger charge is -2.42. The van der Waals surface area contributed by atoms with Gasteiger partial charge in [-0.1, -0.05) is 25.1 Å². The molecule has 24 heavy (non-hydrogen) atoms. The second-order valence-corrected chi connectivity index (χ2v) is 6.93. The predicted molar refractivity (Wildman–Crippen MR) is 92.4 cm³/mol. The van der Waals surface area contributed by atoms with Gasteiger partial charge in [0, 0.05) is 12.0 Å². The van der Waals surface area contributed by atoms with Crippen LogP contribution in [0, 0.1) is 5.41 Å².